The van der Waals surface area contributed by atoms with Crippen LogP contribution in [-0.4, -0.2) is 22.1 Å². The second kappa shape index (κ2) is 6.28. The first-order valence-electron chi connectivity index (χ1n) is 5.13. The highest BCUT2D eigenvalue weighted by molar-refractivity contribution is 5.86. The molecule has 1 rings (SSSR count). The number of carbonyl (C=O) groups excluding carboxylic acids is 1. The zero-order valence-electron chi connectivity index (χ0n) is 9.75. The number of aromatic nitrogens is 2. The number of esters is 1. The summed E-state index contributed by atoms with van der Waals surface area (Å²) in [5.41, 5.74) is 1.39. The average Bonchev–Trinajstić information content (AvgIpc) is 2.76. The highest BCUT2D eigenvalue weighted by Gasteiger charge is 1.98. The average molecular weight is 231 g/mol. The van der Waals surface area contributed by atoms with E-state index in [4.69, 9.17) is 10.00 Å². The van der Waals surface area contributed by atoms with Gasteiger partial charge < -0.3 is 9.30 Å². The summed E-state index contributed by atoms with van der Waals surface area (Å²) in [6, 6.07) is 1.94. The summed E-state index contributed by atoms with van der Waals surface area (Å²) < 4.78 is 6.44. The second-order valence-corrected chi connectivity index (χ2v) is 3.21. The summed E-state index contributed by atoms with van der Waals surface area (Å²) in [4.78, 5) is 15.1. The van der Waals surface area contributed by atoms with Gasteiger partial charge in [0.1, 0.15) is 0 Å². The first kappa shape index (κ1) is 12.7. The van der Waals surface area contributed by atoms with Crippen molar-refractivity contribution in [3.05, 3.63) is 30.4 Å². The Hall–Kier alpha value is -2.35. The minimum absolute atomic E-state index is 0.349. The molecule has 0 unspecified atom stereocenters. The van der Waals surface area contributed by atoms with Crippen molar-refractivity contribution in [2.24, 2.45) is 0 Å². The largest absolute Gasteiger partial charge is 0.463 e. The molecule has 0 spiro atoms. The molecule has 5 heteroatoms. The number of hydrogen-bond donors (Lipinski definition) is 0. The fourth-order valence-corrected chi connectivity index (χ4v) is 1.13. The van der Waals surface area contributed by atoms with Crippen molar-refractivity contribution >= 4 is 17.7 Å². The van der Waals surface area contributed by atoms with E-state index in [-0.39, 0.29) is 0 Å². The Bertz CT molecular complexity index is 492. The number of hydrogen-bond acceptors (Lipinski definition) is 4. The number of allylic oxidation sites excluding steroid dienone is 2. The van der Waals surface area contributed by atoms with Crippen molar-refractivity contribution in [2.45, 2.75) is 13.8 Å². The Morgan fingerprint density at radius 2 is 2.47 bits per heavy atom. The van der Waals surface area contributed by atoms with Gasteiger partial charge in [0.2, 0.25) is 0 Å². The lowest BCUT2D eigenvalue weighted by molar-refractivity contribution is -0.137. The normalized spacial score (nSPS) is 11.5. The van der Waals surface area contributed by atoms with Gasteiger partial charge in [0.25, 0.3) is 0 Å². The van der Waals surface area contributed by atoms with Crippen LogP contribution >= 0.6 is 0 Å². The molecule has 88 valence electrons. The van der Waals surface area contributed by atoms with Crippen LogP contribution < -0.4 is 0 Å². The molecule has 1 aromatic heterocycles. The molecule has 0 aliphatic heterocycles. The molecule has 0 saturated heterocycles. The van der Waals surface area contributed by atoms with Gasteiger partial charge in [-0.1, -0.05) is 0 Å². The van der Waals surface area contributed by atoms with Crippen LogP contribution in [-0.2, 0) is 9.53 Å². The van der Waals surface area contributed by atoms with Crippen LogP contribution in [0.1, 0.15) is 19.5 Å². The molecule has 5 nitrogen and oxygen atoms in total. The maximum Gasteiger partial charge on any atom is 0.330 e. The molecular weight excluding hydrogens is 218 g/mol. The fraction of sp³-hybridized carbons (Fsp3) is 0.250. The third kappa shape index (κ3) is 3.95. The van der Waals surface area contributed by atoms with E-state index in [9.17, 15) is 4.79 Å². The molecule has 0 bridgehead atoms. The summed E-state index contributed by atoms with van der Waals surface area (Å²) in [5.74, 6) is -0.397. The van der Waals surface area contributed by atoms with Gasteiger partial charge in [-0.2, -0.15) is 5.26 Å². The van der Waals surface area contributed by atoms with Gasteiger partial charge in [-0.05, 0) is 19.9 Å². The first-order chi connectivity index (χ1) is 8.17. The Labute approximate surface area is 99.6 Å². The Balaban J connectivity index is 2.73. The Kier molecular flexibility index (Phi) is 4.70. The van der Waals surface area contributed by atoms with Gasteiger partial charge in [0.15, 0.2) is 0 Å². The third-order valence-electron chi connectivity index (χ3n) is 1.96. The van der Waals surface area contributed by atoms with Gasteiger partial charge >= 0.3 is 5.97 Å². The highest BCUT2D eigenvalue weighted by atomic mass is 16.5. The van der Waals surface area contributed by atoms with Crippen molar-refractivity contribution in [3.8, 4) is 6.07 Å². The predicted molar refractivity (Wildman–Crippen MR) is 63.5 cm³/mol. The summed E-state index contributed by atoms with van der Waals surface area (Å²) in [7, 11) is 0. The molecule has 1 aromatic rings. The van der Waals surface area contributed by atoms with E-state index >= 15 is 0 Å². The lowest BCUT2D eigenvalue weighted by Crippen LogP contribution is -1.98. The first-order valence-corrected chi connectivity index (χ1v) is 5.13. The number of ether oxygens (including phenoxy) is 1. The molecule has 0 amide bonds. The van der Waals surface area contributed by atoms with Crippen LogP contribution in [0.5, 0.6) is 0 Å². The van der Waals surface area contributed by atoms with Gasteiger partial charge in [-0.3, -0.25) is 0 Å². The third-order valence-corrected chi connectivity index (χ3v) is 1.96. The molecule has 0 aliphatic carbocycles. The zero-order valence-corrected chi connectivity index (χ0v) is 9.75. The van der Waals surface area contributed by atoms with Crippen LogP contribution in [0.2, 0.25) is 0 Å². The number of rotatable bonds is 4. The minimum Gasteiger partial charge on any atom is -0.463 e. The van der Waals surface area contributed by atoms with Crippen LogP contribution in [0.15, 0.2) is 24.7 Å². The fourth-order valence-electron chi connectivity index (χ4n) is 1.13. The lowest BCUT2D eigenvalue weighted by Gasteiger charge is -1.96. The molecule has 0 saturated carbocycles. The van der Waals surface area contributed by atoms with Crippen molar-refractivity contribution in [2.75, 3.05) is 6.61 Å². The number of nitriles is 1. The van der Waals surface area contributed by atoms with Crippen LogP contribution in [0, 0.1) is 11.3 Å². The number of nitrogens with zero attached hydrogens (tertiary/aromatic N) is 3. The predicted octanol–water partition coefficient (Wildman–Crippen LogP) is 1.84. The number of carbonyl (C=O) groups is 1. The van der Waals surface area contributed by atoms with E-state index < -0.39 is 5.97 Å². The molecule has 0 radical (unpaired) electrons. The van der Waals surface area contributed by atoms with E-state index in [2.05, 4.69) is 4.98 Å². The van der Waals surface area contributed by atoms with E-state index in [0.717, 1.165) is 5.70 Å². The smallest absolute Gasteiger partial charge is 0.330 e. The quantitative estimate of drug-likeness (QED) is 0.450. The summed E-state index contributed by atoms with van der Waals surface area (Å²) >= 11 is 0. The molecule has 1 heterocycles. The monoisotopic (exact) mass is 231 g/mol. The van der Waals surface area contributed by atoms with Gasteiger partial charge in [-0.25, -0.2) is 9.78 Å². The van der Waals surface area contributed by atoms with Crippen molar-refractivity contribution < 1.29 is 9.53 Å². The van der Waals surface area contributed by atoms with Crippen LogP contribution in [0.4, 0.5) is 0 Å². The zero-order chi connectivity index (χ0) is 12.7. The van der Waals surface area contributed by atoms with E-state index in [1.807, 2.05) is 6.07 Å². The van der Waals surface area contributed by atoms with E-state index in [0.29, 0.717) is 12.3 Å². The Morgan fingerprint density at radius 3 is 3.12 bits per heavy atom. The Morgan fingerprint density at radius 1 is 1.71 bits per heavy atom. The minimum atomic E-state index is -0.397. The van der Waals surface area contributed by atoms with Crippen molar-refractivity contribution in [1.29, 1.82) is 5.26 Å². The van der Waals surface area contributed by atoms with E-state index in [1.165, 1.54) is 12.2 Å². The molecule has 0 aromatic carbocycles. The number of imidazole rings is 1. The van der Waals surface area contributed by atoms with Gasteiger partial charge in [0, 0.05) is 24.0 Å². The maximum atomic E-state index is 11.1. The lowest BCUT2D eigenvalue weighted by atomic mass is 10.4. The maximum absolute atomic E-state index is 11.1. The summed E-state index contributed by atoms with van der Waals surface area (Å²) in [6.07, 6.45) is 7.60. The second-order valence-electron chi connectivity index (χ2n) is 3.21. The standard InChI is InChI=1S/C12H13N3O2/c1-3-17-12(16)5-4-11-8-15(9-14-11)10(2)6-7-13/h4-6,8-9H,3H2,1-2H3/b5-4+,10-6+. The molecule has 0 atom stereocenters. The van der Waals surface area contributed by atoms with Crippen LogP contribution in [0.25, 0.3) is 11.8 Å². The molecule has 17 heavy (non-hydrogen) atoms. The van der Waals surface area contributed by atoms with Crippen LogP contribution in [0.3, 0.4) is 0 Å². The molecule has 0 fully saturated rings. The molecule has 0 N–H and O–H groups in total. The van der Waals surface area contributed by atoms with Crippen molar-refractivity contribution in [3.63, 3.8) is 0 Å². The highest BCUT2D eigenvalue weighted by Crippen LogP contribution is 2.06. The summed E-state index contributed by atoms with van der Waals surface area (Å²) in [6.45, 7) is 3.89. The molecular formula is C12H13N3O2. The van der Waals surface area contributed by atoms with Gasteiger partial charge in [-0.15, -0.1) is 0 Å². The molecule has 0 aliphatic rings. The van der Waals surface area contributed by atoms with Gasteiger partial charge in [0.05, 0.1) is 24.7 Å². The summed E-state index contributed by atoms with van der Waals surface area (Å²) in [5, 5.41) is 8.50. The van der Waals surface area contributed by atoms with E-state index in [1.54, 1.807) is 37.0 Å². The topological polar surface area (TPSA) is 67.9 Å². The van der Waals surface area contributed by atoms with Crippen molar-refractivity contribution in [1.82, 2.24) is 9.55 Å². The SMILES string of the molecule is CCOC(=O)/C=C/c1cn(/C(C)=C/C#N)cn1.